The maximum atomic E-state index is 12.5. The zero-order valence-electron chi connectivity index (χ0n) is 10.5. The molecular weight excluding hydrogens is 256 g/mol. The van der Waals surface area contributed by atoms with E-state index in [-0.39, 0.29) is 11.0 Å². The van der Waals surface area contributed by atoms with E-state index < -0.39 is 10.0 Å². The summed E-state index contributed by atoms with van der Waals surface area (Å²) in [6.07, 6.45) is -0.235. The van der Waals surface area contributed by atoms with Crippen molar-refractivity contribution in [2.45, 2.75) is 24.8 Å². The van der Waals surface area contributed by atoms with Crippen LogP contribution in [0.15, 0.2) is 4.90 Å². The van der Waals surface area contributed by atoms with Crippen LogP contribution in [0.5, 0.6) is 0 Å². The van der Waals surface area contributed by atoms with Crippen molar-refractivity contribution < 1.29 is 13.2 Å². The van der Waals surface area contributed by atoms with E-state index in [0.29, 0.717) is 37.6 Å². The number of hydrogen-bond acceptors (Lipinski definition) is 5. The van der Waals surface area contributed by atoms with Gasteiger partial charge in [-0.3, -0.25) is 5.10 Å². The van der Waals surface area contributed by atoms with E-state index in [0.717, 1.165) is 0 Å². The molecule has 1 saturated heterocycles. The quantitative estimate of drug-likeness (QED) is 0.764. The Hall–Kier alpha value is -0.960. The van der Waals surface area contributed by atoms with Crippen molar-refractivity contribution in [1.29, 1.82) is 0 Å². The predicted octanol–water partition coefficient (Wildman–Crippen LogP) is -0.625. The van der Waals surface area contributed by atoms with Gasteiger partial charge in [0.2, 0.25) is 10.0 Å². The molecule has 1 atom stereocenters. The Labute approximate surface area is 106 Å². The molecule has 1 fully saturated rings. The number of hydrogen-bond donors (Lipinski definition) is 2. The van der Waals surface area contributed by atoms with Crippen LogP contribution in [0, 0.1) is 13.8 Å². The minimum Gasteiger partial charge on any atom is -0.374 e. The van der Waals surface area contributed by atoms with Gasteiger partial charge in [0.25, 0.3) is 0 Å². The van der Waals surface area contributed by atoms with Gasteiger partial charge >= 0.3 is 0 Å². The van der Waals surface area contributed by atoms with Crippen molar-refractivity contribution >= 4 is 10.0 Å². The van der Waals surface area contributed by atoms with Crippen LogP contribution in [0.3, 0.4) is 0 Å². The van der Waals surface area contributed by atoms with Crippen LogP contribution < -0.4 is 5.73 Å². The van der Waals surface area contributed by atoms with Crippen LogP contribution in [0.4, 0.5) is 0 Å². The molecule has 2 rings (SSSR count). The van der Waals surface area contributed by atoms with Crippen LogP contribution in [0.2, 0.25) is 0 Å². The summed E-state index contributed by atoms with van der Waals surface area (Å²) < 4.78 is 31.8. The molecule has 2 heterocycles. The second-order valence-electron chi connectivity index (χ2n) is 4.35. The average molecular weight is 274 g/mol. The number of morpholine rings is 1. The second-order valence-corrected chi connectivity index (χ2v) is 6.23. The molecule has 8 heteroatoms. The number of aryl methyl sites for hydroxylation is 2. The van der Waals surface area contributed by atoms with E-state index in [1.165, 1.54) is 4.31 Å². The molecule has 3 N–H and O–H groups in total. The molecule has 1 aliphatic rings. The summed E-state index contributed by atoms with van der Waals surface area (Å²) in [5, 5.41) is 6.63. The number of nitrogens with one attached hydrogen (secondary N) is 1. The molecule has 1 aliphatic heterocycles. The Morgan fingerprint density at radius 3 is 2.83 bits per heavy atom. The minimum atomic E-state index is -3.52. The maximum Gasteiger partial charge on any atom is 0.246 e. The molecule has 7 nitrogen and oxygen atoms in total. The van der Waals surface area contributed by atoms with Crippen molar-refractivity contribution in [3.05, 3.63) is 11.4 Å². The molecule has 0 aliphatic carbocycles. The molecule has 0 unspecified atom stereocenters. The van der Waals surface area contributed by atoms with Gasteiger partial charge in [0.1, 0.15) is 4.90 Å². The highest BCUT2D eigenvalue weighted by Crippen LogP contribution is 2.23. The molecule has 0 aromatic carbocycles. The number of nitrogens with two attached hydrogens (primary N) is 1. The molecule has 102 valence electrons. The molecule has 1 aromatic rings. The Morgan fingerprint density at radius 2 is 2.28 bits per heavy atom. The third kappa shape index (κ3) is 2.28. The van der Waals surface area contributed by atoms with Crippen LogP contribution in [-0.4, -0.2) is 55.3 Å². The van der Waals surface area contributed by atoms with Crippen molar-refractivity contribution in [3.8, 4) is 0 Å². The molecule has 0 spiro atoms. The van der Waals surface area contributed by atoms with E-state index in [1.807, 2.05) is 0 Å². The zero-order valence-corrected chi connectivity index (χ0v) is 11.3. The summed E-state index contributed by atoms with van der Waals surface area (Å²) >= 11 is 0. The number of ether oxygens (including phenoxy) is 1. The van der Waals surface area contributed by atoms with Crippen molar-refractivity contribution in [1.82, 2.24) is 14.5 Å². The fourth-order valence-electron chi connectivity index (χ4n) is 2.10. The number of rotatable bonds is 3. The number of aromatic amines is 1. The van der Waals surface area contributed by atoms with Gasteiger partial charge < -0.3 is 10.5 Å². The smallest absolute Gasteiger partial charge is 0.246 e. The van der Waals surface area contributed by atoms with Gasteiger partial charge in [-0.15, -0.1) is 0 Å². The SMILES string of the molecule is Cc1n[nH]c(C)c1S(=O)(=O)N1CCO[C@@H](CN)C1. The van der Waals surface area contributed by atoms with E-state index in [4.69, 9.17) is 10.5 Å². The molecule has 0 bridgehead atoms. The largest absolute Gasteiger partial charge is 0.374 e. The first-order valence-electron chi connectivity index (χ1n) is 5.80. The highest BCUT2D eigenvalue weighted by Gasteiger charge is 2.33. The summed E-state index contributed by atoms with van der Waals surface area (Å²) in [7, 11) is -3.52. The van der Waals surface area contributed by atoms with E-state index in [2.05, 4.69) is 10.2 Å². The number of sulfonamides is 1. The summed E-state index contributed by atoms with van der Waals surface area (Å²) in [6.45, 7) is 4.71. The first kappa shape index (κ1) is 13.5. The fourth-order valence-corrected chi connectivity index (χ4v) is 3.89. The molecule has 0 amide bonds. The van der Waals surface area contributed by atoms with Gasteiger partial charge in [-0.1, -0.05) is 0 Å². The second kappa shape index (κ2) is 4.96. The molecule has 0 radical (unpaired) electrons. The lowest BCUT2D eigenvalue weighted by Gasteiger charge is -2.31. The number of aromatic nitrogens is 2. The highest BCUT2D eigenvalue weighted by atomic mass is 32.2. The Morgan fingerprint density at radius 1 is 1.56 bits per heavy atom. The molecule has 18 heavy (non-hydrogen) atoms. The number of H-pyrrole nitrogens is 1. The van der Waals surface area contributed by atoms with Gasteiger partial charge in [0.05, 0.1) is 24.1 Å². The van der Waals surface area contributed by atoms with E-state index in [9.17, 15) is 8.42 Å². The summed E-state index contributed by atoms with van der Waals surface area (Å²) in [6, 6.07) is 0. The number of nitrogens with zero attached hydrogens (tertiary/aromatic N) is 2. The Kier molecular flexibility index (Phi) is 3.71. The van der Waals surface area contributed by atoms with Crippen molar-refractivity contribution in [2.75, 3.05) is 26.2 Å². The fraction of sp³-hybridized carbons (Fsp3) is 0.700. The molecule has 1 aromatic heterocycles. The van der Waals surface area contributed by atoms with Crippen LogP contribution in [0.25, 0.3) is 0 Å². The highest BCUT2D eigenvalue weighted by molar-refractivity contribution is 7.89. The van der Waals surface area contributed by atoms with Crippen LogP contribution in [-0.2, 0) is 14.8 Å². The third-order valence-electron chi connectivity index (χ3n) is 3.02. The van der Waals surface area contributed by atoms with Gasteiger partial charge in [-0.25, -0.2) is 8.42 Å². The van der Waals surface area contributed by atoms with E-state index >= 15 is 0 Å². The van der Waals surface area contributed by atoms with Crippen molar-refractivity contribution in [3.63, 3.8) is 0 Å². The van der Waals surface area contributed by atoms with Crippen molar-refractivity contribution in [2.24, 2.45) is 5.73 Å². The van der Waals surface area contributed by atoms with Gasteiger partial charge in [0, 0.05) is 19.6 Å². The third-order valence-corrected chi connectivity index (χ3v) is 5.15. The minimum absolute atomic E-state index is 0.235. The first-order valence-corrected chi connectivity index (χ1v) is 7.24. The molecule has 0 saturated carbocycles. The predicted molar refractivity (Wildman–Crippen MR) is 65.6 cm³/mol. The monoisotopic (exact) mass is 274 g/mol. The van der Waals surface area contributed by atoms with Gasteiger partial charge in [-0.2, -0.15) is 9.40 Å². The summed E-state index contributed by atoms with van der Waals surface area (Å²) in [5.41, 5.74) is 6.57. The van der Waals surface area contributed by atoms with Gasteiger partial charge in [-0.05, 0) is 13.8 Å². The molecular formula is C10H18N4O3S. The Bertz CT molecular complexity index is 506. The average Bonchev–Trinajstić information content (AvgIpc) is 2.69. The lowest BCUT2D eigenvalue weighted by Crippen LogP contribution is -2.48. The van der Waals surface area contributed by atoms with E-state index in [1.54, 1.807) is 13.8 Å². The lowest BCUT2D eigenvalue weighted by molar-refractivity contribution is 0.00448. The standard InChI is InChI=1S/C10H18N4O3S/c1-7-10(8(2)13-12-7)18(15,16)14-3-4-17-9(5-11)6-14/h9H,3-6,11H2,1-2H3,(H,12,13)/t9-/m0/s1. The zero-order chi connectivity index (χ0) is 13.3. The maximum absolute atomic E-state index is 12.5. The first-order chi connectivity index (χ1) is 8.46. The topological polar surface area (TPSA) is 101 Å². The lowest BCUT2D eigenvalue weighted by atomic mass is 10.3. The van der Waals surface area contributed by atoms with Crippen LogP contribution >= 0.6 is 0 Å². The summed E-state index contributed by atoms with van der Waals surface area (Å²) in [5.74, 6) is 0. The van der Waals surface area contributed by atoms with Crippen LogP contribution in [0.1, 0.15) is 11.4 Å². The Balaban J connectivity index is 2.31. The summed E-state index contributed by atoms with van der Waals surface area (Å²) in [4.78, 5) is 0.264. The van der Waals surface area contributed by atoms with Gasteiger partial charge in [0.15, 0.2) is 0 Å². The normalized spacial score (nSPS) is 22.3.